The fourth-order valence-electron chi connectivity index (χ4n) is 1.69. The van der Waals surface area contributed by atoms with E-state index in [4.69, 9.17) is 5.73 Å². The molecule has 0 aliphatic carbocycles. The van der Waals surface area contributed by atoms with Gasteiger partial charge in [0.2, 0.25) is 0 Å². The van der Waals surface area contributed by atoms with E-state index in [1.165, 1.54) is 18.5 Å². The molecule has 0 aromatic heterocycles. The molecule has 0 aliphatic heterocycles. The van der Waals surface area contributed by atoms with E-state index in [9.17, 15) is 0 Å². The number of rotatable bonds is 8. The van der Waals surface area contributed by atoms with Gasteiger partial charge in [-0.05, 0) is 38.8 Å². The third-order valence-electron chi connectivity index (χ3n) is 2.41. The molecule has 84 valence electrons. The van der Waals surface area contributed by atoms with Gasteiger partial charge in [0, 0.05) is 13.1 Å². The van der Waals surface area contributed by atoms with Crippen LogP contribution in [-0.4, -0.2) is 31.1 Å². The normalized spacial score (nSPS) is 13.2. The summed E-state index contributed by atoms with van der Waals surface area (Å²) in [5, 5.41) is 0. The topological polar surface area (TPSA) is 29.3 Å². The quantitative estimate of drug-likeness (QED) is 0.606. The Hall–Kier alpha value is -0.340. The molecule has 2 N–H and O–H groups in total. The molecule has 0 heterocycles. The van der Waals surface area contributed by atoms with E-state index in [2.05, 4.69) is 32.3 Å². The van der Waals surface area contributed by atoms with Crippen LogP contribution in [0.5, 0.6) is 0 Å². The second-order valence-corrected chi connectivity index (χ2v) is 4.32. The predicted molar refractivity (Wildman–Crippen MR) is 64.4 cm³/mol. The van der Waals surface area contributed by atoms with Gasteiger partial charge in [-0.2, -0.15) is 0 Å². The van der Waals surface area contributed by atoms with E-state index in [0.717, 1.165) is 32.0 Å². The Morgan fingerprint density at radius 2 is 2.14 bits per heavy atom. The summed E-state index contributed by atoms with van der Waals surface area (Å²) in [5.74, 6) is 0.748. The maximum atomic E-state index is 5.49. The molecule has 0 saturated carbocycles. The summed E-state index contributed by atoms with van der Waals surface area (Å²) < 4.78 is 0. The van der Waals surface area contributed by atoms with Crippen LogP contribution in [0, 0.1) is 5.92 Å². The summed E-state index contributed by atoms with van der Waals surface area (Å²) in [6.07, 6.45) is 2.38. The highest BCUT2D eigenvalue weighted by molar-refractivity contribution is 4.91. The van der Waals surface area contributed by atoms with Crippen molar-refractivity contribution < 1.29 is 0 Å². The largest absolute Gasteiger partial charge is 0.330 e. The van der Waals surface area contributed by atoms with Gasteiger partial charge in [0.15, 0.2) is 0 Å². The second kappa shape index (κ2) is 8.01. The number of hydrogen-bond donors (Lipinski definition) is 1. The van der Waals surface area contributed by atoms with E-state index in [-0.39, 0.29) is 0 Å². The molecule has 0 rings (SSSR count). The average Bonchev–Trinajstić information content (AvgIpc) is 2.12. The molecule has 14 heavy (non-hydrogen) atoms. The molecule has 1 atom stereocenters. The zero-order valence-electron chi connectivity index (χ0n) is 10.1. The van der Waals surface area contributed by atoms with Gasteiger partial charge < -0.3 is 5.73 Å². The van der Waals surface area contributed by atoms with Crippen molar-refractivity contribution >= 4 is 0 Å². The monoisotopic (exact) mass is 198 g/mol. The summed E-state index contributed by atoms with van der Waals surface area (Å²) in [6.45, 7) is 14.7. The number of likely N-dealkylation sites (N-methyl/N-ethyl adjacent to an activating group) is 1. The minimum absolute atomic E-state index is 0.748. The van der Waals surface area contributed by atoms with Gasteiger partial charge in [-0.25, -0.2) is 0 Å². The van der Waals surface area contributed by atoms with Crippen LogP contribution in [0.25, 0.3) is 0 Å². The van der Waals surface area contributed by atoms with E-state index in [1.54, 1.807) is 0 Å². The molecule has 0 aromatic carbocycles. The molecule has 2 heteroatoms. The highest BCUT2D eigenvalue weighted by Crippen LogP contribution is 2.08. The lowest BCUT2D eigenvalue weighted by Crippen LogP contribution is -2.30. The average molecular weight is 198 g/mol. The van der Waals surface area contributed by atoms with Crippen LogP contribution in [0.1, 0.15) is 33.6 Å². The lowest BCUT2D eigenvalue weighted by Gasteiger charge is -2.24. The van der Waals surface area contributed by atoms with Crippen LogP contribution in [0.4, 0.5) is 0 Å². The lowest BCUT2D eigenvalue weighted by molar-refractivity contribution is 0.259. The Morgan fingerprint density at radius 3 is 2.57 bits per heavy atom. The Bertz CT molecular complexity index is 154. The first kappa shape index (κ1) is 13.7. The fourth-order valence-corrected chi connectivity index (χ4v) is 1.69. The van der Waals surface area contributed by atoms with Crippen molar-refractivity contribution in [1.82, 2.24) is 4.90 Å². The van der Waals surface area contributed by atoms with Crippen LogP contribution in [-0.2, 0) is 0 Å². The molecule has 0 bridgehead atoms. The van der Waals surface area contributed by atoms with E-state index < -0.39 is 0 Å². The van der Waals surface area contributed by atoms with Gasteiger partial charge in [0.05, 0.1) is 0 Å². The number of hydrogen-bond acceptors (Lipinski definition) is 2. The van der Waals surface area contributed by atoms with Crippen molar-refractivity contribution in [2.24, 2.45) is 11.7 Å². The van der Waals surface area contributed by atoms with Crippen LogP contribution < -0.4 is 5.73 Å². The molecular formula is C12H26N2. The van der Waals surface area contributed by atoms with E-state index in [1.807, 2.05) is 0 Å². The van der Waals surface area contributed by atoms with Gasteiger partial charge in [-0.3, -0.25) is 4.90 Å². The molecule has 2 nitrogen and oxygen atoms in total. The Morgan fingerprint density at radius 1 is 1.50 bits per heavy atom. The third kappa shape index (κ3) is 7.10. The zero-order valence-corrected chi connectivity index (χ0v) is 10.1. The number of nitrogens with two attached hydrogens (primary N) is 1. The van der Waals surface area contributed by atoms with Crippen molar-refractivity contribution in [1.29, 1.82) is 0 Å². The van der Waals surface area contributed by atoms with Crippen molar-refractivity contribution in [2.45, 2.75) is 33.6 Å². The molecule has 0 saturated heterocycles. The number of nitrogens with zero attached hydrogens (tertiary/aromatic N) is 1. The van der Waals surface area contributed by atoms with Crippen molar-refractivity contribution in [3.63, 3.8) is 0 Å². The zero-order chi connectivity index (χ0) is 11.0. The maximum absolute atomic E-state index is 5.49. The summed E-state index contributed by atoms with van der Waals surface area (Å²) in [7, 11) is 0. The second-order valence-electron chi connectivity index (χ2n) is 4.32. The molecular weight excluding hydrogens is 172 g/mol. The van der Waals surface area contributed by atoms with Gasteiger partial charge in [0.25, 0.3) is 0 Å². The molecule has 0 aliphatic rings. The van der Waals surface area contributed by atoms with Crippen molar-refractivity contribution in [3.8, 4) is 0 Å². The molecule has 0 radical (unpaired) electrons. The minimum Gasteiger partial charge on any atom is -0.330 e. The summed E-state index contributed by atoms with van der Waals surface area (Å²) in [5.41, 5.74) is 6.74. The van der Waals surface area contributed by atoms with Gasteiger partial charge >= 0.3 is 0 Å². The van der Waals surface area contributed by atoms with Crippen LogP contribution in [0.2, 0.25) is 0 Å². The smallest absolute Gasteiger partial charge is 0.0187 e. The summed E-state index contributed by atoms with van der Waals surface area (Å²) in [6, 6.07) is 0. The first-order valence-corrected chi connectivity index (χ1v) is 5.66. The van der Waals surface area contributed by atoms with Crippen LogP contribution in [0.3, 0.4) is 0 Å². The Labute approximate surface area is 89.2 Å². The van der Waals surface area contributed by atoms with Gasteiger partial charge in [-0.15, -0.1) is 0 Å². The standard InChI is InChI=1S/C12H26N2/c1-5-14(9-11(2)3)10-12(4)7-6-8-13/h12H,2,5-10,13H2,1,3-4H3. The summed E-state index contributed by atoms with van der Waals surface area (Å²) >= 11 is 0. The maximum Gasteiger partial charge on any atom is 0.0187 e. The lowest BCUT2D eigenvalue weighted by atomic mass is 10.0. The van der Waals surface area contributed by atoms with Crippen LogP contribution in [0.15, 0.2) is 12.2 Å². The van der Waals surface area contributed by atoms with E-state index in [0.29, 0.717) is 0 Å². The first-order valence-electron chi connectivity index (χ1n) is 5.66. The highest BCUT2D eigenvalue weighted by Gasteiger charge is 2.07. The molecule has 0 spiro atoms. The molecule has 0 amide bonds. The third-order valence-corrected chi connectivity index (χ3v) is 2.41. The molecule has 0 aromatic rings. The minimum atomic E-state index is 0.748. The van der Waals surface area contributed by atoms with Gasteiger partial charge in [-0.1, -0.05) is 26.0 Å². The Kier molecular flexibility index (Phi) is 7.81. The molecule has 1 unspecified atom stereocenters. The van der Waals surface area contributed by atoms with Crippen LogP contribution >= 0.6 is 0 Å². The highest BCUT2D eigenvalue weighted by atomic mass is 15.1. The van der Waals surface area contributed by atoms with Crippen molar-refractivity contribution in [2.75, 3.05) is 26.2 Å². The fraction of sp³-hybridized carbons (Fsp3) is 0.833. The Balaban J connectivity index is 3.73. The van der Waals surface area contributed by atoms with Crippen molar-refractivity contribution in [3.05, 3.63) is 12.2 Å². The van der Waals surface area contributed by atoms with Gasteiger partial charge in [0.1, 0.15) is 0 Å². The summed E-state index contributed by atoms with van der Waals surface area (Å²) in [4.78, 5) is 2.45. The van der Waals surface area contributed by atoms with E-state index >= 15 is 0 Å². The molecule has 0 fully saturated rings. The first-order chi connectivity index (χ1) is 6.60. The SMILES string of the molecule is C=C(C)CN(CC)CC(C)CCCN. The predicted octanol–water partition coefficient (Wildman–Crippen LogP) is 2.26.